The summed E-state index contributed by atoms with van der Waals surface area (Å²) in [6.45, 7) is 6.58. The van der Waals surface area contributed by atoms with E-state index >= 15 is 0 Å². The standard InChI is InChI=1S/C17H28N6S.HI/c1-5-6-11-22(3)17(18-10-9-15-8-7-12-24-15)19-13-16-21-20-14(2)23(16)4;/h7-8,12H,5-6,9-11,13H2,1-4H3,(H,18,19);1H. The van der Waals surface area contributed by atoms with Gasteiger partial charge in [-0.15, -0.1) is 45.5 Å². The second kappa shape index (κ2) is 11.5. The fourth-order valence-electron chi connectivity index (χ4n) is 2.30. The molecule has 0 bridgehead atoms. The second-order valence-electron chi connectivity index (χ2n) is 5.89. The summed E-state index contributed by atoms with van der Waals surface area (Å²) in [5.74, 6) is 2.72. The second-order valence-corrected chi connectivity index (χ2v) is 6.93. The maximum Gasteiger partial charge on any atom is 0.194 e. The Bertz CT molecular complexity index is 638. The molecule has 0 unspecified atom stereocenters. The highest BCUT2D eigenvalue weighted by Crippen LogP contribution is 2.08. The van der Waals surface area contributed by atoms with Crippen molar-refractivity contribution in [2.75, 3.05) is 20.1 Å². The van der Waals surface area contributed by atoms with Crippen LogP contribution in [0.3, 0.4) is 0 Å². The van der Waals surface area contributed by atoms with Crippen LogP contribution in [0.2, 0.25) is 0 Å². The lowest BCUT2D eigenvalue weighted by atomic mass is 10.3. The quantitative estimate of drug-likeness (QED) is 0.361. The van der Waals surface area contributed by atoms with Gasteiger partial charge in [-0.25, -0.2) is 4.99 Å². The van der Waals surface area contributed by atoms with Crippen LogP contribution in [0.1, 0.15) is 36.3 Å². The summed E-state index contributed by atoms with van der Waals surface area (Å²) in [4.78, 5) is 8.34. The maximum atomic E-state index is 4.75. The van der Waals surface area contributed by atoms with Gasteiger partial charge >= 0.3 is 0 Å². The van der Waals surface area contributed by atoms with Gasteiger partial charge in [0.2, 0.25) is 0 Å². The average Bonchev–Trinajstić information content (AvgIpc) is 3.20. The first-order valence-corrected chi connectivity index (χ1v) is 9.36. The lowest BCUT2D eigenvalue weighted by Gasteiger charge is -2.22. The van der Waals surface area contributed by atoms with Gasteiger partial charge in [0.15, 0.2) is 11.8 Å². The Hall–Kier alpha value is -1.16. The average molecular weight is 476 g/mol. The number of thiophene rings is 1. The van der Waals surface area contributed by atoms with Gasteiger partial charge in [-0.2, -0.15) is 0 Å². The summed E-state index contributed by atoms with van der Waals surface area (Å²) >= 11 is 1.80. The van der Waals surface area contributed by atoms with E-state index in [1.807, 2.05) is 18.5 Å². The van der Waals surface area contributed by atoms with E-state index in [4.69, 9.17) is 4.99 Å². The Kier molecular flexibility index (Phi) is 10.0. The molecule has 2 aromatic heterocycles. The van der Waals surface area contributed by atoms with Gasteiger partial charge in [-0.3, -0.25) is 0 Å². The molecule has 0 radical (unpaired) electrons. The largest absolute Gasteiger partial charge is 0.356 e. The first kappa shape index (κ1) is 21.9. The smallest absolute Gasteiger partial charge is 0.194 e. The number of hydrogen-bond acceptors (Lipinski definition) is 4. The number of nitrogens with one attached hydrogen (secondary N) is 1. The molecule has 0 aliphatic rings. The maximum absolute atomic E-state index is 4.75. The van der Waals surface area contributed by atoms with Crippen LogP contribution in [0.15, 0.2) is 22.5 Å². The van der Waals surface area contributed by atoms with Gasteiger partial charge < -0.3 is 14.8 Å². The molecule has 1 N–H and O–H groups in total. The normalized spacial score (nSPS) is 11.3. The molecule has 0 spiro atoms. The molecule has 0 aliphatic heterocycles. The van der Waals surface area contributed by atoms with Crippen molar-refractivity contribution >= 4 is 41.3 Å². The third-order valence-corrected chi connectivity index (χ3v) is 4.93. The predicted molar refractivity (Wildman–Crippen MR) is 116 cm³/mol. The highest BCUT2D eigenvalue weighted by Gasteiger charge is 2.08. The molecule has 0 aliphatic carbocycles. The monoisotopic (exact) mass is 476 g/mol. The number of hydrogen-bond donors (Lipinski definition) is 1. The first-order chi connectivity index (χ1) is 11.6. The number of aryl methyl sites for hydroxylation is 1. The van der Waals surface area contributed by atoms with Crippen LogP contribution < -0.4 is 5.32 Å². The predicted octanol–water partition coefficient (Wildman–Crippen LogP) is 3.22. The Morgan fingerprint density at radius 1 is 1.40 bits per heavy atom. The molecule has 0 amide bonds. The van der Waals surface area contributed by atoms with Gasteiger partial charge in [0, 0.05) is 32.1 Å². The molecule has 0 saturated heterocycles. The molecule has 0 saturated carbocycles. The minimum absolute atomic E-state index is 0. The van der Waals surface area contributed by atoms with E-state index < -0.39 is 0 Å². The van der Waals surface area contributed by atoms with Crippen molar-refractivity contribution < 1.29 is 0 Å². The van der Waals surface area contributed by atoms with E-state index in [1.54, 1.807) is 11.3 Å². The number of nitrogens with zero attached hydrogens (tertiary/aromatic N) is 5. The van der Waals surface area contributed by atoms with Crippen molar-refractivity contribution in [1.29, 1.82) is 0 Å². The number of halogens is 1. The molecule has 6 nitrogen and oxygen atoms in total. The first-order valence-electron chi connectivity index (χ1n) is 8.48. The van der Waals surface area contributed by atoms with Crippen molar-refractivity contribution in [3.8, 4) is 0 Å². The lowest BCUT2D eigenvalue weighted by Crippen LogP contribution is -2.40. The van der Waals surface area contributed by atoms with E-state index in [2.05, 4.69) is 51.9 Å². The topological polar surface area (TPSA) is 58.3 Å². The summed E-state index contributed by atoms with van der Waals surface area (Å²) < 4.78 is 1.98. The van der Waals surface area contributed by atoms with E-state index in [-0.39, 0.29) is 24.0 Å². The summed E-state index contributed by atoms with van der Waals surface area (Å²) in [5, 5.41) is 13.9. The molecule has 8 heteroatoms. The third kappa shape index (κ3) is 6.93. The minimum Gasteiger partial charge on any atom is -0.356 e. The SMILES string of the molecule is CCCCN(C)C(=NCc1nnc(C)n1C)NCCc1cccs1.I. The van der Waals surface area contributed by atoms with E-state index in [0.29, 0.717) is 6.54 Å². The molecule has 2 rings (SSSR count). The van der Waals surface area contributed by atoms with Gasteiger partial charge in [-0.05, 0) is 31.2 Å². The zero-order valence-electron chi connectivity index (χ0n) is 15.5. The molecule has 0 atom stereocenters. The zero-order chi connectivity index (χ0) is 17.4. The van der Waals surface area contributed by atoms with E-state index in [1.165, 1.54) is 11.3 Å². The third-order valence-electron chi connectivity index (χ3n) is 4.00. The molecule has 0 fully saturated rings. The van der Waals surface area contributed by atoms with Crippen molar-refractivity contribution in [3.05, 3.63) is 34.0 Å². The number of aliphatic imine (C=N–C) groups is 1. The van der Waals surface area contributed by atoms with Crippen LogP contribution in [0, 0.1) is 6.92 Å². The summed E-state index contributed by atoms with van der Waals surface area (Å²) in [5.41, 5.74) is 0. The minimum atomic E-state index is 0. The van der Waals surface area contributed by atoms with Crippen LogP contribution in [0.25, 0.3) is 0 Å². The molecular formula is C17H29IN6S. The number of guanidine groups is 1. The Balaban J connectivity index is 0.00000312. The zero-order valence-corrected chi connectivity index (χ0v) is 18.7. The van der Waals surface area contributed by atoms with Gasteiger partial charge in [-0.1, -0.05) is 19.4 Å². The van der Waals surface area contributed by atoms with Gasteiger partial charge in [0.05, 0.1) is 0 Å². The Morgan fingerprint density at radius 2 is 2.20 bits per heavy atom. The van der Waals surface area contributed by atoms with Gasteiger partial charge in [0.1, 0.15) is 12.4 Å². The highest BCUT2D eigenvalue weighted by atomic mass is 127. The van der Waals surface area contributed by atoms with Crippen molar-refractivity contribution in [3.63, 3.8) is 0 Å². The molecule has 0 aromatic carbocycles. The van der Waals surface area contributed by atoms with Crippen molar-refractivity contribution in [2.45, 2.75) is 39.7 Å². The fourth-order valence-corrected chi connectivity index (χ4v) is 3.01. The molecule has 25 heavy (non-hydrogen) atoms. The molecule has 2 aromatic rings. The molecular weight excluding hydrogens is 447 g/mol. The molecule has 2 heterocycles. The van der Waals surface area contributed by atoms with Crippen molar-refractivity contribution in [2.24, 2.45) is 12.0 Å². The van der Waals surface area contributed by atoms with E-state index in [9.17, 15) is 0 Å². The Labute approximate surface area is 171 Å². The molecule has 140 valence electrons. The highest BCUT2D eigenvalue weighted by molar-refractivity contribution is 14.0. The van der Waals surface area contributed by atoms with Crippen LogP contribution in [0.4, 0.5) is 0 Å². The van der Waals surface area contributed by atoms with Crippen LogP contribution >= 0.6 is 35.3 Å². The van der Waals surface area contributed by atoms with Crippen LogP contribution in [-0.4, -0.2) is 45.8 Å². The van der Waals surface area contributed by atoms with E-state index in [0.717, 1.165) is 43.5 Å². The number of unbranched alkanes of at least 4 members (excludes halogenated alkanes) is 1. The summed E-state index contributed by atoms with van der Waals surface area (Å²) in [7, 11) is 4.07. The number of rotatable bonds is 8. The Morgan fingerprint density at radius 3 is 2.80 bits per heavy atom. The van der Waals surface area contributed by atoms with Crippen molar-refractivity contribution in [1.82, 2.24) is 25.0 Å². The van der Waals surface area contributed by atoms with Crippen LogP contribution in [-0.2, 0) is 20.0 Å². The number of aromatic nitrogens is 3. The van der Waals surface area contributed by atoms with Crippen LogP contribution in [0.5, 0.6) is 0 Å². The summed E-state index contributed by atoms with van der Waals surface area (Å²) in [6, 6.07) is 4.27. The summed E-state index contributed by atoms with van der Waals surface area (Å²) in [6.07, 6.45) is 3.35. The van der Waals surface area contributed by atoms with Gasteiger partial charge in [0.25, 0.3) is 0 Å². The fraction of sp³-hybridized carbons (Fsp3) is 0.588. The lowest BCUT2D eigenvalue weighted by molar-refractivity contribution is 0.463.